The number of hydrogen-bond donors (Lipinski definition) is 1. The predicted molar refractivity (Wildman–Crippen MR) is 76.1 cm³/mol. The molecule has 1 heterocycles. The van der Waals surface area contributed by atoms with E-state index in [4.69, 9.17) is 13.9 Å². The highest BCUT2D eigenvalue weighted by atomic mass is 16.5. The summed E-state index contributed by atoms with van der Waals surface area (Å²) in [5.41, 5.74) is 0.176. The van der Waals surface area contributed by atoms with Crippen molar-refractivity contribution in [2.24, 2.45) is 0 Å². The zero-order valence-corrected chi connectivity index (χ0v) is 11.8. The highest BCUT2D eigenvalue weighted by Crippen LogP contribution is 2.20. The van der Waals surface area contributed by atoms with E-state index in [1.54, 1.807) is 26.6 Å². The van der Waals surface area contributed by atoms with Gasteiger partial charge in [0.25, 0.3) is 0 Å². The van der Waals surface area contributed by atoms with Gasteiger partial charge in [0.15, 0.2) is 0 Å². The maximum Gasteiger partial charge on any atom is 0.119 e. The Kier molecular flexibility index (Phi) is 4.69. The largest absolute Gasteiger partial charge is 0.497 e. The first-order chi connectivity index (χ1) is 9.59. The minimum absolute atomic E-state index is 0.456. The second-order valence-electron chi connectivity index (χ2n) is 5.08. The fourth-order valence-corrected chi connectivity index (χ4v) is 1.98. The molecule has 2 rings (SSSR count). The van der Waals surface area contributed by atoms with Gasteiger partial charge >= 0.3 is 0 Å². The standard InChI is InChI=1S/C16H20O4/c1-16(17,11-13-7-9-19-12-13)8-10-20-15-5-3-14(18-2)4-6-15/h3-7,9,12,17H,8,10-11H2,1-2H3/t16-/m0/s1. The first kappa shape index (κ1) is 14.5. The third kappa shape index (κ3) is 4.31. The number of methoxy groups -OCH3 is 1. The van der Waals surface area contributed by atoms with Gasteiger partial charge in [0.1, 0.15) is 11.5 Å². The van der Waals surface area contributed by atoms with Gasteiger partial charge in [-0.3, -0.25) is 0 Å². The molecule has 0 radical (unpaired) electrons. The van der Waals surface area contributed by atoms with Gasteiger partial charge in [-0.2, -0.15) is 0 Å². The smallest absolute Gasteiger partial charge is 0.119 e. The average Bonchev–Trinajstić information content (AvgIpc) is 2.91. The lowest BCUT2D eigenvalue weighted by atomic mass is 9.95. The van der Waals surface area contributed by atoms with E-state index in [0.717, 1.165) is 17.1 Å². The third-order valence-corrected chi connectivity index (χ3v) is 3.13. The highest BCUT2D eigenvalue weighted by Gasteiger charge is 2.21. The monoisotopic (exact) mass is 276 g/mol. The number of benzene rings is 1. The molecule has 1 aromatic carbocycles. The summed E-state index contributed by atoms with van der Waals surface area (Å²) in [6.07, 6.45) is 4.36. The zero-order chi connectivity index (χ0) is 14.4. The summed E-state index contributed by atoms with van der Waals surface area (Å²) in [6, 6.07) is 9.25. The highest BCUT2D eigenvalue weighted by molar-refractivity contribution is 5.31. The van der Waals surface area contributed by atoms with Crippen LogP contribution in [0.3, 0.4) is 0 Å². The van der Waals surface area contributed by atoms with Gasteiger partial charge in [-0.15, -0.1) is 0 Å². The number of rotatable bonds is 7. The molecule has 108 valence electrons. The van der Waals surface area contributed by atoms with Gasteiger partial charge in [-0.1, -0.05) is 0 Å². The van der Waals surface area contributed by atoms with Gasteiger partial charge in [0, 0.05) is 12.8 Å². The molecule has 1 aromatic heterocycles. The first-order valence-electron chi connectivity index (χ1n) is 6.59. The van der Waals surface area contributed by atoms with Crippen LogP contribution < -0.4 is 9.47 Å². The second-order valence-corrected chi connectivity index (χ2v) is 5.08. The number of hydrogen-bond acceptors (Lipinski definition) is 4. The SMILES string of the molecule is COc1ccc(OCC[C@](C)(O)Cc2ccoc2)cc1. The summed E-state index contributed by atoms with van der Waals surface area (Å²) in [6.45, 7) is 2.26. The predicted octanol–water partition coefficient (Wildman–Crippen LogP) is 3.05. The van der Waals surface area contributed by atoms with Gasteiger partial charge in [-0.05, 0) is 42.8 Å². The molecule has 0 aliphatic rings. The molecule has 0 aliphatic heterocycles. The lowest BCUT2D eigenvalue weighted by molar-refractivity contribution is 0.0371. The van der Waals surface area contributed by atoms with Crippen LogP contribution in [0.1, 0.15) is 18.9 Å². The van der Waals surface area contributed by atoms with E-state index in [1.165, 1.54) is 0 Å². The third-order valence-electron chi connectivity index (χ3n) is 3.13. The van der Waals surface area contributed by atoms with Crippen molar-refractivity contribution in [2.75, 3.05) is 13.7 Å². The van der Waals surface area contributed by atoms with Crippen LogP contribution in [0.4, 0.5) is 0 Å². The molecule has 0 amide bonds. The number of furan rings is 1. The minimum atomic E-state index is -0.809. The van der Waals surface area contributed by atoms with E-state index in [9.17, 15) is 5.11 Å². The second kappa shape index (κ2) is 6.48. The van der Waals surface area contributed by atoms with Crippen LogP contribution in [-0.2, 0) is 6.42 Å². The van der Waals surface area contributed by atoms with Crippen LogP contribution in [0, 0.1) is 0 Å². The van der Waals surface area contributed by atoms with Gasteiger partial charge in [-0.25, -0.2) is 0 Å². The molecule has 0 fully saturated rings. The summed E-state index contributed by atoms with van der Waals surface area (Å²) >= 11 is 0. The lowest BCUT2D eigenvalue weighted by Crippen LogP contribution is -2.29. The minimum Gasteiger partial charge on any atom is -0.497 e. The van der Waals surface area contributed by atoms with Crippen LogP contribution in [-0.4, -0.2) is 24.4 Å². The van der Waals surface area contributed by atoms with Crippen LogP contribution in [0.25, 0.3) is 0 Å². The topological polar surface area (TPSA) is 51.8 Å². The van der Waals surface area contributed by atoms with Crippen molar-refractivity contribution in [3.8, 4) is 11.5 Å². The molecule has 0 bridgehead atoms. The van der Waals surface area contributed by atoms with Crippen LogP contribution in [0.5, 0.6) is 11.5 Å². The summed E-state index contributed by atoms with van der Waals surface area (Å²) in [5.74, 6) is 1.56. The average molecular weight is 276 g/mol. The van der Waals surface area contributed by atoms with Crippen molar-refractivity contribution in [1.82, 2.24) is 0 Å². The van der Waals surface area contributed by atoms with Gasteiger partial charge in [0.05, 0.1) is 31.8 Å². The zero-order valence-electron chi connectivity index (χ0n) is 11.8. The van der Waals surface area contributed by atoms with Crippen molar-refractivity contribution in [3.05, 3.63) is 48.4 Å². The maximum absolute atomic E-state index is 10.3. The Morgan fingerprint density at radius 1 is 1.15 bits per heavy atom. The van der Waals surface area contributed by atoms with E-state index in [1.807, 2.05) is 30.3 Å². The Morgan fingerprint density at radius 3 is 2.45 bits per heavy atom. The summed E-state index contributed by atoms with van der Waals surface area (Å²) in [5, 5.41) is 10.3. The van der Waals surface area contributed by atoms with E-state index in [2.05, 4.69) is 0 Å². The fourth-order valence-electron chi connectivity index (χ4n) is 1.98. The number of ether oxygens (including phenoxy) is 2. The van der Waals surface area contributed by atoms with E-state index in [0.29, 0.717) is 19.4 Å². The van der Waals surface area contributed by atoms with Crippen LogP contribution in [0.15, 0.2) is 47.3 Å². The quantitative estimate of drug-likeness (QED) is 0.844. The molecule has 4 heteroatoms. The van der Waals surface area contributed by atoms with Crippen molar-refractivity contribution >= 4 is 0 Å². The molecule has 1 N–H and O–H groups in total. The molecular formula is C16H20O4. The van der Waals surface area contributed by atoms with E-state index in [-0.39, 0.29) is 0 Å². The Labute approximate surface area is 118 Å². The van der Waals surface area contributed by atoms with E-state index < -0.39 is 5.60 Å². The van der Waals surface area contributed by atoms with Crippen molar-refractivity contribution in [1.29, 1.82) is 0 Å². The van der Waals surface area contributed by atoms with Crippen molar-refractivity contribution < 1.29 is 19.0 Å². The Morgan fingerprint density at radius 2 is 1.85 bits per heavy atom. The molecule has 0 unspecified atom stereocenters. The number of aliphatic hydroxyl groups is 1. The molecule has 20 heavy (non-hydrogen) atoms. The normalized spacial score (nSPS) is 13.8. The summed E-state index contributed by atoms with van der Waals surface area (Å²) in [4.78, 5) is 0. The Bertz CT molecular complexity index is 500. The Hall–Kier alpha value is -1.94. The maximum atomic E-state index is 10.3. The molecule has 0 spiro atoms. The summed E-state index contributed by atoms with van der Waals surface area (Å²) < 4.78 is 15.7. The molecule has 1 atom stereocenters. The van der Waals surface area contributed by atoms with Crippen molar-refractivity contribution in [2.45, 2.75) is 25.4 Å². The molecule has 0 saturated carbocycles. The molecule has 4 nitrogen and oxygen atoms in total. The van der Waals surface area contributed by atoms with Crippen LogP contribution >= 0.6 is 0 Å². The summed E-state index contributed by atoms with van der Waals surface area (Å²) in [7, 11) is 1.63. The fraction of sp³-hybridized carbons (Fsp3) is 0.375. The molecule has 0 aliphatic carbocycles. The Balaban J connectivity index is 1.79. The van der Waals surface area contributed by atoms with Gasteiger partial charge < -0.3 is 19.0 Å². The molecule has 2 aromatic rings. The lowest BCUT2D eigenvalue weighted by Gasteiger charge is -2.22. The molecular weight excluding hydrogens is 256 g/mol. The van der Waals surface area contributed by atoms with Crippen LogP contribution in [0.2, 0.25) is 0 Å². The van der Waals surface area contributed by atoms with Gasteiger partial charge in [0.2, 0.25) is 0 Å². The van der Waals surface area contributed by atoms with E-state index >= 15 is 0 Å². The van der Waals surface area contributed by atoms with Crippen molar-refractivity contribution in [3.63, 3.8) is 0 Å². The first-order valence-corrected chi connectivity index (χ1v) is 6.59. The molecule has 0 saturated heterocycles.